The van der Waals surface area contributed by atoms with Crippen molar-refractivity contribution < 1.29 is 0 Å². The van der Waals surface area contributed by atoms with Gasteiger partial charge in [-0.25, -0.2) is 0 Å². The summed E-state index contributed by atoms with van der Waals surface area (Å²) in [5.74, 6) is 0.829. The number of piperazine rings is 1. The Labute approximate surface area is 93.8 Å². The van der Waals surface area contributed by atoms with Crippen LogP contribution >= 0.6 is 0 Å². The quantitative estimate of drug-likeness (QED) is 0.722. The first-order chi connectivity index (χ1) is 7.18. The molecule has 0 radical (unpaired) electrons. The number of hydrogen-bond donors (Lipinski definition) is 1. The molecule has 1 N–H and O–H groups in total. The largest absolute Gasteiger partial charge is 0.315 e. The van der Waals surface area contributed by atoms with Crippen LogP contribution in [0, 0.1) is 5.92 Å². The Bertz CT molecular complexity index is 197. The topological polar surface area (TPSA) is 18.5 Å². The van der Waals surface area contributed by atoms with Crippen molar-refractivity contribution in [2.45, 2.75) is 32.9 Å². The van der Waals surface area contributed by atoms with Gasteiger partial charge >= 0.3 is 0 Å². The minimum absolute atomic E-state index is 0.714. The number of nitrogens with one attached hydrogen (secondary N) is 1. The molecule has 0 bridgehead atoms. The Hall–Kier alpha value is -0.120. The molecule has 15 heavy (non-hydrogen) atoms. The third-order valence-corrected chi connectivity index (χ3v) is 4.02. The van der Waals surface area contributed by atoms with Crippen LogP contribution in [0.1, 0.15) is 20.8 Å². The SMILES string of the molecule is CC1CNCC1N1CCN(C(C)C)CC1. The van der Waals surface area contributed by atoms with Gasteiger partial charge in [-0.15, -0.1) is 0 Å². The highest BCUT2D eigenvalue weighted by atomic mass is 15.3. The first-order valence-corrected chi connectivity index (χ1v) is 6.37. The summed E-state index contributed by atoms with van der Waals surface area (Å²) in [7, 11) is 0. The van der Waals surface area contributed by atoms with Gasteiger partial charge < -0.3 is 5.32 Å². The fraction of sp³-hybridized carbons (Fsp3) is 1.00. The third-order valence-electron chi connectivity index (χ3n) is 4.02. The Morgan fingerprint density at radius 2 is 1.73 bits per heavy atom. The van der Waals surface area contributed by atoms with E-state index >= 15 is 0 Å². The van der Waals surface area contributed by atoms with Crippen LogP contribution in [-0.4, -0.2) is 61.2 Å². The van der Waals surface area contributed by atoms with Crippen molar-refractivity contribution >= 4 is 0 Å². The molecule has 0 aliphatic carbocycles. The molecule has 0 aromatic carbocycles. The molecule has 2 aliphatic heterocycles. The summed E-state index contributed by atoms with van der Waals surface area (Å²) in [4.78, 5) is 5.27. The molecule has 0 spiro atoms. The van der Waals surface area contributed by atoms with Crippen LogP contribution in [0.5, 0.6) is 0 Å². The van der Waals surface area contributed by atoms with Crippen molar-refractivity contribution in [1.29, 1.82) is 0 Å². The molecule has 3 nitrogen and oxygen atoms in total. The van der Waals surface area contributed by atoms with Crippen molar-refractivity contribution in [3.05, 3.63) is 0 Å². The normalized spacial score (nSPS) is 35.2. The summed E-state index contributed by atoms with van der Waals surface area (Å²) in [6.07, 6.45) is 0. The summed E-state index contributed by atoms with van der Waals surface area (Å²) in [5, 5.41) is 3.50. The van der Waals surface area contributed by atoms with Crippen LogP contribution in [0.3, 0.4) is 0 Å². The van der Waals surface area contributed by atoms with Crippen LogP contribution < -0.4 is 5.32 Å². The zero-order chi connectivity index (χ0) is 10.8. The fourth-order valence-corrected chi connectivity index (χ4v) is 2.87. The third kappa shape index (κ3) is 2.52. The molecule has 2 fully saturated rings. The lowest BCUT2D eigenvalue weighted by molar-refractivity contribution is 0.0723. The molecule has 2 unspecified atom stereocenters. The maximum absolute atomic E-state index is 3.50. The van der Waals surface area contributed by atoms with Crippen LogP contribution in [0.15, 0.2) is 0 Å². The maximum Gasteiger partial charge on any atom is 0.0259 e. The highest BCUT2D eigenvalue weighted by molar-refractivity contribution is 4.88. The summed E-state index contributed by atoms with van der Waals surface area (Å²) in [6.45, 7) is 14.4. The van der Waals surface area contributed by atoms with E-state index in [1.807, 2.05) is 0 Å². The standard InChI is InChI=1S/C12H25N3/c1-10(2)14-4-6-15(7-5-14)12-9-13-8-11(12)3/h10-13H,4-9H2,1-3H3. The van der Waals surface area contributed by atoms with Gasteiger partial charge in [0.15, 0.2) is 0 Å². The Morgan fingerprint density at radius 3 is 2.20 bits per heavy atom. The fourth-order valence-electron chi connectivity index (χ4n) is 2.87. The van der Waals surface area contributed by atoms with E-state index in [1.165, 1.54) is 39.3 Å². The predicted octanol–water partition coefficient (Wildman–Crippen LogP) is 0.620. The van der Waals surface area contributed by atoms with Crippen LogP contribution in [0.2, 0.25) is 0 Å². The minimum atomic E-state index is 0.714. The Balaban J connectivity index is 1.82. The lowest BCUT2D eigenvalue weighted by Gasteiger charge is -2.40. The van der Waals surface area contributed by atoms with E-state index in [0.717, 1.165) is 12.0 Å². The smallest absolute Gasteiger partial charge is 0.0259 e. The molecule has 88 valence electrons. The van der Waals surface area contributed by atoms with Crippen LogP contribution in [0.25, 0.3) is 0 Å². The number of hydrogen-bond acceptors (Lipinski definition) is 3. The van der Waals surface area contributed by atoms with Gasteiger partial charge in [0.25, 0.3) is 0 Å². The molecule has 2 saturated heterocycles. The molecular formula is C12H25N3. The molecule has 0 aromatic heterocycles. The summed E-state index contributed by atoms with van der Waals surface area (Å²) < 4.78 is 0. The second-order valence-corrected chi connectivity index (χ2v) is 5.37. The van der Waals surface area contributed by atoms with E-state index in [9.17, 15) is 0 Å². The Kier molecular flexibility index (Phi) is 3.65. The van der Waals surface area contributed by atoms with Crippen molar-refractivity contribution in [1.82, 2.24) is 15.1 Å². The first kappa shape index (κ1) is 11.4. The van der Waals surface area contributed by atoms with E-state index in [4.69, 9.17) is 0 Å². The van der Waals surface area contributed by atoms with Gasteiger partial charge in [-0.1, -0.05) is 6.92 Å². The van der Waals surface area contributed by atoms with E-state index in [1.54, 1.807) is 0 Å². The number of rotatable bonds is 2. The molecule has 3 heteroatoms. The number of nitrogens with zero attached hydrogens (tertiary/aromatic N) is 2. The molecule has 2 atom stereocenters. The highest BCUT2D eigenvalue weighted by Gasteiger charge is 2.31. The molecule has 2 heterocycles. The van der Waals surface area contributed by atoms with Crippen molar-refractivity contribution in [2.75, 3.05) is 39.3 Å². The summed E-state index contributed by atoms with van der Waals surface area (Å²) in [6, 6.07) is 1.51. The van der Waals surface area contributed by atoms with Crippen molar-refractivity contribution in [3.63, 3.8) is 0 Å². The van der Waals surface area contributed by atoms with Gasteiger partial charge in [-0.3, -0.25) is 9.80 Å². The van der Waals surface area contributed by atoms with Crippen LogP contribution in [0.4, 0.5) is 0 Å². The molecule has 2 rings (SSSR count). The van der Waals surface area contributed by atoms with E-state index in [-0.39, 0.29) is 0 Å². The summed E-state index contributed by atoms with van der Waals surface area (Å²) in [5.41, 5.74) is 0. The second kappa shape index (κ2) is 4.81. The lowest BCUT2D eigenvalue weighted by Crippen LogP contribution is -2.53. The van der Waals surface area contributed by atoms with Gasteiger partial charge in [0.05, 0.1) is 0 Å². The first-order valence-electron chi connectivity index (χ1n) is 6.37. The molecule has 2 aliphatic rings. The summed E-state index contributed by atoms with van der Waals surface area (Å²) >= 11 is 0. The molecule has 0 saturated carbocycles. The van der Waals surface area contributed by atoms with E-state index in [2.05, 4.69) is 35.9 Å². The van der Waals surface area contributed by atoms with Gasteiger partial charge in [0, 0.05) is 44.8 Å². The van der Waals surface area contributed by atoms with Gasteiger partial charge in [0.1, 0.15) is 0 Å². The average Bonchev–Trinajstić information content (AvgIpc) is 2.65. The Morgan fingerprint density at radius 1 is 1.07 bits per heavy atom. The van der Waals surface area contributed by atoms with Crippen molar-refractivity contribution in [2.24, 2.45) is 5.92 Å². The zero-order valence-corrected chi connectivity index (χ0v) is 10.4. The van der Waals surface area contributed by atoms with Crippen LogP contribution in [-0.2, 0) is 0 Å². The van der Waals surface area contributed by atoms with Gasteiger partial charge in [0.2, 0.25) is 0 Å². The maximum atomic E-state index is 3.50. The predicted molar refractivity (Wildman–Crippen MR) is 64.1 cm³/mol. The zero-order valence-electron chi connectivity index (χ0n) is 10.4. The molecule has 0 aromatic rings. The molecular weight excluding hydrogens is 186 g/mol. The lowest BCUT2D eigenvalue weighted by atomic mass is 10.0. The minimum Gasteiger partial charge on any atom is -0.315 e. The molecule has 0 amide bonds. The van der Waals surface area contributed by atoms with E-state index in [0.29, 0.717) is 6.04 Å². The average molecular weight is 211 g/mol. The van der Waals surface area contributed by atoms with E-state index < -0.39 is 0 Å². The second-order valence-electron chi connectivity index (χ2n) is 5.37. The highest BCUT2D eigenvalue weighted by Crippen LogP contribution is 2.17. The van der Waals surface area contributed by atoms with Gasteiger partial charge in [-0.2, -0.15) is 0 Å². The monoisotopic (exact) mass is 211 g/mol. The van der Waals surface area contributed by atoms with Gasteiger partial charge in [-0.05, 0) is 26.3 Å². The van der Waals surface area contributed by atoms with Crippen molar-refractivity contribution in [3.8, 4) is 0 Å².